The molecule has 1 aliphatic heterocycles. The minimum absolute atomic E-state index is 0.155. The zero-order valence-corrected chi connectivity index (χ0v) is 22.3. The molecule has 0 saturated carbocycles. The van der Waals surface area contributed by atoms with E-state index in [4.69, 9.17) is 0 Å². The summed E-state index contributed by atoms with van der Waals surface area (Å²) in [5.41, 5.74) is 2.37. The third-order valence-electron chi connectivity index (χ3n) is 6.77. The van der Waals surface area contributed by atoms with Gasteiger partial charge in [0.2, 0.25) is 5.91 Å². The number of halogens is 3. The summed E-state index contributed by atoms with van der Waals surface area (Å²) in [6, 6.07) is 13.8. The van der Waals surface area contributed by atoms with E-state index in [2.05, 4.69) is 25.4 Å². The number of aromatic amines is 1. The van der Waals surface area contributed by atoms with Gasteiger partial charge in [-0.05, 0) is 55.1 Å². The number of hydrogen-bond donors (Lipinski definition) is 2. The van der Waals surface area contributed by atoms with Gasteiger partial charge in [-0.1, -0.05) is 6.07 Å². The second kappa shape index (κ2) is 11.8. The number of thioether (sulfide) groups is 1. The molecule has 0 atom stereocenters. The van der Waals surface area contributed by atoms with Crippen molar-refractivity contribution in [1.29, 1.82) is 0 Å². The lowest BCUT2D eigenvalue weighted by molar-refractivity contribution is -0.138. The molecule has 2 aromatic carbocycles. The standard InChI is InChI=1S/C28H29F3N6OS/c1-36-11-13-37(14-12-36)18-20-2-3-21(16-24(20)28(29,30)31)33-26(38)8-15-39-22-4-5-23-25(17-22)34-35-27(23)19-6-9-32-10-7-19/h2-7,9-10,16-17H,8,11-15,18H2,1H3,(H,33,38)(H,34,35). The van der Waals surface area contributed by atoms with Crippen molar-refractivity contribution < 1.29 is 18.0 Å². The molecule has 1 aliphatic rings. The quantitative estimate of drug-likeness (QED) is 0.280. The van der Waals surface area contributed by atoms with Crippen LogP contribution in [0.25, 0.3) is 22.2 Å². The minimum Gasteiger partial charge on any atom is -0.326 e. The van der Waals surface area contributed by atoms with E-state index in [-0.39, 0.29) is 30.1 Å². The number of aromatic nitrogens is 3. The normalized spacial score (nSPS) is 15.1. The van der Waals surface area contributed by atoms with E-state index < -0.39 is 11.7 Å². The molecule has 5 rings (SSSR count). The Morgan fingerprint density at radius 3 is 2.56 bits per heavy atom. The number of hydrogen-bond acceptors (Lipinski definition) is 6. The maximum atomic E-state index is 13.8. The number of piperazine rings is 1. The third kappa shape index (κ3) is 6.78. The molecule has 204 valence electrons. The van der Waals surface area contributed by atoms with E-state index in [9.17, 15) is 18.0 Å². The number of carbonyl (C=O) groups is 1. The second-order valence-corrected chi connectivity index (χ2v) is 10.8. The number of benzene rings is 2. The Labute approximate surface area is 228 Å². The van der Waals surface area contributed by atoms with E-state index >= 15 is 0 Å². The Morgan fingerprint density at radius 2 is 1.82 bits per heavy atom. The van der Waals surface area contributed by atoms with E-state index in [1.165, 1.54) is 17.8 Å². The maximum absolute atomic E-state index is 13.8. The van der Waals surface area contributed by atoms with Crippen molar-refractivity contribution in [2.24, 2.45) is 0 Å². The largest absolute Gasteiger partial charge is 0.416 e. The van der Waals surface area contributed by atoms with Crippen LogP contribution in [-0.4, -0.2) is 69.9 Å². The SMILES string of the molecule is CN1CCN(Cc2ccc(NC(=O)CCSc3ccc4c(-c5ccncc5)n[nH]c4c3)cc2C(F)(F)F)CC1. The van der Waals surface area contributed by atoms with Crippen LogP contribution in [0, 0.1) is 0 Å². The summed E-state index contributed by atoms with van der Waals surface area (Å²) in [5, 5.41) is 11.1. The van der Waals surface area contributed by atoms with Crippen LogP contribution in [-0.2, 0) is 17.5 Å². The van der Waals surface area contributed by atoms with Crippen LogP contribution in [0.4, 0.5) is 18.9 Å². The summed E-state index contributed by atoms with van der Waals surface area (Å²) in [7, 11) is 2.01. The van der Waals surface area contributed by atoms with Gasteiger partial charge in [0, 0.05) is 78.8 Å². The summed E-state index contributed by atoms with van der Waals surface area (Å²) < 4.78 is 41.5. The van der Waals surface area contributed by atoms with Gasteiger partial charge in [-0.2, -0.15) is 18.3 Å². The first-order valence-corrected chi connectivity index (χ1v) is 13.7. The highest BCUT2D eigenvalue weighted by Gasteiger charge is 2.34. The Morgan fingerprint density at radius 1 is 1.05 bits per heavy atom. The van der Waals surface area contributed by atoms with E-state index in [1.54, 1.807) is 18.5 Å². The van der Waals surface area contributed by atoms with Crippen molar-refractivity contribution in [1.82, 2.24) is 25.0 Å². The number of likely N-dealkylation sites (N-methyl/N-ethyl adjacent to an activating group) is 1. The monoisotopic (exact) mass is 554 g/mol. The van der Waals surface area contributed by atoms with Crippen molar-refractivity contribution in [2.75, 3.05) is 44.3 Å². The molecule has 4 aromatic rings. The molecule has 2 N–H and O–H groups in total. The zero-order chi connectivity index (χ0) is 27.4. The number of amides is 1. The summed E-state index contributed by atoms with van der Waals surface area (Å²) >= 11 is 1.50. The van der Waals surface area contributed by atoms with Gasteiger partial charge in [0.05, 0.1) is 11.1 Å². The first kappa shape index (κ1) is 27.2. The van der Waals surface area contributed by atoms with Crippen LogP contribution >= 0.6 is 11.8 Å². The number of H-pyrrole nitrogens is 1. The number of carbonyl (C=O) groups excluding carboxylic acids is 1. The molecule has 0 unspecified atom stereocenters. The molecule has 1 saturated heterocycles. The number of nitrogens with one attached hydrogen (secondary N) is 2. The Kier molecular flexibility index (Phi) is 8.20. The zero-order valence-electron chi connectivity index (χ0n) is 21.5. The van der Waals surface area contributed by atoms with Crippen molar-refractivity contribution >= 4 is 34.3 Å². The first-order chi connectivity index (χ1) is 18.8. The first-order valence-electron chi connectivity index (χ1n) is 12.7. The fraction of sp³-hybridized carbons (Fsp3) is 0.321. The van der Waals surface area contributed by atoms with Crippen LogP contribution in [0.15, 0.2) is 65.8 Å². The number of rotatable bonds is 8. The lowest BCUT2D eigenvalue weighted by Crippen LogP contribution is -2.44. The lowest BCUT2D eigenvalue weighted by Gasteiger charge is -2.33. The molecule has 39 heavy (non-hydrogen) atoms. The summed E-state index contributed by atoms with van der Waals surface area (Å²) in [4.78, 5) is 21.7. The summed E-state index contributed by atoms with van der Waals surface area (Å²) in [6.45, 7) is 3.34. The molecule has 0 spiro atoms. The van der Waals surface area contributed by atoms with Gasteiger partial charge >= 0.3 is 6.18 Å². The highest BCUT2D eigenvalue weighted by atomic mass is 32.2. The number of alkyl halides is 3. The molecule has 0 radical (unpaired) electrons. The van der Waals surface area contributed by atoms with Gasteiger partial charge < -0.3 is 10.2 Å². The van der Waals surface area contributed by atoms with Gasteiger partial charge in [0.15, 0.2) is 0 Å². The molecule has 7 nitrogen and oxygen atoms in total. The van der Waals surface area contributed by atoms with Crippen LogP contribution in [0.5, 0.6) is 0 Å². The topological polar surface area (TPSA) is 77.2 Å². The summed E-state index contributed by atoms with van der Waals surface area (Å²) in [6.07, 6.45) is -0.893. The minimum atomic E-state index is -4.50. The molecule has 0 bridgehead atoms. The molecule has 11 heteroatoms. The van der Waals surface area contributed by atoms with E-state index in [1.807, 2.05) is 42.3 Å². The Bertz CT molecular complexity index is 1430. The van der Waals surface area contributed by atoms with Gasteiger partial charge in [0.25, 0.3) is 0 Å². The average molecular weight is 555 g/mol. The third-order valence-corrected chi connectivity index (χ3v) is 7.77. The molecular formula is C28H29F3N6OS. The van der Waals surface area contributed by atoms with Gasteiger partial charge in [-0.15, -0.1) is 11.8 Å². The lowest BCUT2D eigenvalue weighted by atomic mass is 10.0. The van der Waals surface area contributed by atoms with E-state index in [0.29, 0.717) is 5.75 Å². The van der Waals surface area contributed by atoms with Gasteiger partial charge in [-0.25, -0.2) is 0 Å². The van der Waals surface area contributed by atoms with Crippen molar-refractivity contribution in [3.8, 4) is 11.3 Å². The predicted octanol–water partition coefficient (Wildman–Crippen LogP) is 5.51. The summed E-state index contributed by atoms with van der Waals surface area (Å²) in [5.74, 6) is 0.154. The maximum Gasteiger partial charge on any atom is 0.416 e. The number of nitrogens with zero attached hydrogens (tertiary/aromatic N) is 4. The average Bonchev–Trinajstić information content (AvgIpc) is 3.34. The predicted molar refractivity (Wildman–Crippen MR) is 148 cm³/mol. The van der Waals surface area contributed by atoms with Crippen LogP contribution in [0.2, 0.25) is 0 Å². The van der Waals surface area contributed by atoms with Crippen molar-refractivity contribution in [3.05, 3.63) is 72.1 Å². The van der Waals surface area contributed by atoms with Crippen molar-refractivity contribution in [2.45, 2.75) is 24.0 Å². The fourth-order valence-corrected chi connectivity index (χ4v) is 5.49. The molecule has 1 amide bonds. The molecule has 0 aliphatic carbocycles. The smallest absolute Gasteiger partial charge is 0.326 e. The van der Waals surface area contributed by atoms with Gasteiger partial charge in [0.1, 0.15) is 5.69 Å². The highest BCUT2D eigenvalue weighted by molar-refractivity contribution is 7.99. The van der Waals surface area contributed by atoms with E-state index in [0.717, 1.165) is 59.3 Å². The highest BCUT2D eigenvalue weighted by Crippen LogP contribution is 2.35. The molecule has 1 fully saturated rings. The molecule has 3 heterocycles. The number of fused-ring (bicyclic) bond motifs is 1. The van der Waals surface area contributed by atoms with Crippen LogP contribution < -0.4 is 5.32 Å². The number of pyridine rings is 1. The van der Waals surface area contributed by atoms with Crippen molar-refractivity contribution in [3.63, 3.8) is 0 Å². The second-order valence-electron chi connectivity index (χ2n) is 9.61. The van der Waals surface area contributed by atoms with Crippen LogP contribution in [0.3, 0.4) is 0 Å². The number of anilines is 1. The Balaban J connectivity index is 1.17. The Hall–Kier alpha value is -3.41. The molecule has 2 aromatic heterocycles. The van der Waals surface area contributed by atoms with Gasteiger partial charge in [-0.3, -0.25) is 19.8 Å². The fourth-order valence-electron chi connectivity index (χ4n) is 4.61. The molecular weight excluding hydrogens is 525 g/mol. The van der Waals surface area contributed by atoms with Crippen LogP contribution in [0.1, 0.15) is 17.5 Å².